The highest BCUT2D eigenvalue weighted by molar-refractivity contribution is 5.87. The molecule has 3 aromatic rings. The summed E-state index contributed by atoms with van der Waals surface area (Å²) in [5.74, 6) is -0.452. The van der Waals surface area contributed by atoms with Crippen molar-refractivity contribution in [2.75, 3.05) is 0 Å². The van der Waals surface area contributed by atoms with Gasteiger partial charge in [-0.25, -0.2) is 4.79 Å². The number of nitrogens with zero attached hydrogens (tertiary/aromatic N) is 1. The van der Waals surface area contributed by atoms with Crippen LogP contribution in [-0.4, -0.2) is 16.1 Å². The lowest BCUT2D eigenvalue weighted by Gasteiger charge is -2.21. The fraction of sp³-hybridized carbons (Fsp3) is 0.333. The number of hydrogen-bond donors (Lipinski definition) is 2. The minimum absolute atomic E-state index is 0. The molecule has 2 aromatic carbocycles. The van der Waals surface area contributed by atoms with E-state index in [1.165, 1.54) is 5.56 Å². The molecule has 5 nitrogen and oxygen atoms in total. The van der Waals surface area contributed by atoms with Gasteiger partial charge in [-0.15, -0.1) is 24.8 Å². The molecular weight excluding hydrogens is 471 g/mol. The first-order chi connectivity index (χ1) is 15.3. The van der Waals surface area contributed by atoms with E-state index in [2.05, 4.69) is 45.0 Å². The normalized spacial score (nSPS) is 10.5. The Balaban J connectivity index is 0.00000289. The number of aromatic nitrogens is 1. The molecule has 7 heteroatoms. The second kappa shape index (κ2) is 13.4. The lowest BCUT2D eigenvalue weighted by atomic mass is 9.90. The zero-order valence-corrected chi connectivity index (χ0v) is 21.8. The maximum absolute atomic E-state index is 11.0. The Morgan fingerprint density at radius 1 is 0.971 bits per heavy atom. The third kappa shape index (κ3) is 7.28. The molecule has 184 valence electrons. The predicted molar refractivity (Wildman–Crippen MR) is 142 cm³/mol. The molecule has 0 spiro atoms. The van der Waals surface area contributed by atoms with Gasteiger partial charge in [0.25, 0.3) is 0 Å². The van der Waals surface area contributed by atoms with Crippen LogP contribution >= 0.6 is 24.8 Å². The highest BCUT2D eigenvalue weighted by Gasteiger charge is 2.19. The lowest BCUT2D eigenvalue weighted by molar-refractivity contribution is 0.0696. The second-order valence-corrected chi connectivity index (χ2v) is 8.64. The molecule has 0 unspecified atom stereocenters. The van der Waals surface area contributed by atoms with Gasteiger partial charge >= 0.3 is 5.97 Å². The van der Waals surface area contributed by atoms with E-state index in [1.807, 2.05) is 6.92 Å². The third-order valence-electron chi connectivity index (χ3n) is 5.55. The molecule has 3 rings (SSSR count). The summed E-state index contributed by atoms with van der Waals surface area (Å²) in [6, 6.07) is 15.3. The molecular formula is C27H34Cl2N2O3. The topological polar surface area (TPSA) is 85.4 Å². The van der Waals surface area contributed by atoms with Crippen LogP contribution in [0, 0.1) is 19.8 Å². The number of hydrogen-bond acceptors (Lipinski definition) is 4. The van der Waals surface area contributed by atoms with Gasteiger partial charge in [-0.1, -0.05) is 55.8 Å². The van der Waals surface area contributed by atoms with E-state index in [4.69, 9.17) is 20.6 Å². The first-order valence-electron chi connectivity index (χ1n) is 11.0. The van der Waals surface area contributed by atoms with Crippen LogP contribution in [0.3, 0.4) is 0 Å². The summed E-state index contributed by atoms with van der Waals surface area (Å²) in [4.78, 5) is 16.0. The fourth-order valence-corrected chi connectivity index (χ4v) is 3.88. The fourth-order valence-electron chi connectivity index (χ4n) is 3.88. The Hall–Kier alpha value is -2.44. The molecule has 0 atom stereocenters. The molecule has 0 radical (unpaired) electrons. The SMILES string of the molecule is Cc1ccc(-c2c(COCc3ccc(C(=O)O)cc3)c(C)nc(CC(C)C)c2CN)cc1.Cl.Cl. The molecule has 0 saturated heterocycles. The van der Waals surface area contributed by atoms with Crippen molar-refractivity contribution in [3.05, 3.63) is 87.7 Å². The van der Waals surface area contributed by atoms with Gasteiger partial charge in [0.2, 0.25) is 0 Å². The van der Waals surface area contributed by atoms with Crippen molar-refractivity contribution < 1.29 is 14.6 Å². The highest BCUT2D eigenvalue weighted by atomic mass is 35.5. The maximum atomic E-state index is 11.0. The zero-order valence-electron chi connectivity index (χ0n) is 20.1. The number of carbonyl (C=O) groups is 1. The van der Waals surface area contributed by atoms with E-state index < -0.39 is 5.97 Å². The number of carboxylic acids is 1. The number of carboxylic acid groups (broad SMARTS) is 1. The first-order valence-corrected chi connectivity index (χ1v) is 11.0. The van der Waals surface area contributed by atoms with E-state index in [1.54, 1.807) is 24.3 Å². The number of pyridine rings is 1. The van der Waals surface area contributed by atoms with Crippen LogP contribution < -0.4 is 5.73 Å². The molecule has 0 aliphatic heterocycles. The van der Waals surface area contributed by atoms with Crippen molar-refractivity contribution >= 4 is 30.8 Å². The first kappa shape index (κ1) is 29.6. The molecule has 0 saturated carbocycles. The summed E-state index contributed by atoms with van der Waals surface area (Å²) in [6.07, 6.45) is 0.878. The quantitative estimate of drug-likeness (QED) is 0.358. The van der Waals surface area contributed by atoms with Crippen LogP contribution in [0.2, 0.25) is 0 Å². The van der Waals surface area contributed by atoms with Gasteiger partial charge in [-0.2, -0.15) is 0 Å². The van der Waals surface area contributed by atoms with Crippen LogP contribution in [0.25, 0.3) is 11.1 Å². The van der Waals surface area contributed by atoms with Gasteiger partial charge in [0.1, 0.15) is 0 Å². The number of rotatable bonds is 9. The number of benzene rings is 2. The summed E-state index contributed by atoms with van der Waals surface area (Å²) in [6.45, 7) is 9.70. The molecule has 1 heterocycles. The monoisotopic (exact) mass is 504 g/mol. The molecule has 3 N–H and O–H groups in total. The summed E-state index contributed by atoms with van der Waals surface area (Å²) < 4.78 is 6.07. The van der Waals surface area contributed by atoms with E-state index >= 15 is 0 Å². The largest absolute Gasteiger partial charge is 0.478 e. The molecule has 0 bridgehead atoms. The minimum atomic E-state index is -0.933. The number of aryl methyl sites for hydroxylation is 2. The number of halogens is 2. The van der Waals surface area contributed by atoms with Gasteiger partial charge in [-0.3, -0.25) is 4.98 Å². The van der Waals surface area contributed by atoms with Crippen LogP contribution in [0.15, 0.2) is 48.5 Å². The number of ether oxygens (including phenoxy) is 1. The second-order valence-electron chi connectivity index (χ2n) is 8.64. The van der Waals surface area contributed by atoms with E-state index in [-0.39, 0.29) is 30.4 Å². The van der Waals surface area contributed by atoms with Crippen molar-refractivity contribution in [2.45, 2.75) is 53.9 Å². The number of nitrogens with two attached hydrogens (primary N) is 1. The van der Waals surface area contributed by atoms with Gasteiger partial charge in [0.05, 0.1) is 18.8 Å². The molecule has 0 aliphatic carbocycles. The van der Waals surface area contributed by atoms with Crippen molar-refractivity contribution in [1.29, 1.82) is 0 Å². The third-order valence-corrected chi connectivity index (χ3v) is 5.55. The summed E-state index contributed by atoms with van der Waals surface area (Å²) >= 11 is 0. The Kier molecular flexibility index (Phi) is 11.7. The maximum Gasteiger partial charge on any atom is 0.335 e. The van der Waals surface area contributed by atoms with Gasteiger partial charge in [-0.05, 0) is 60.6 Å². The molecule has 0 amide bonds. The zero-order chi connectivity index (χ0) is 23.3. The Labute approximate surface area is 214 Å². The van der Waals surface area contributed by atoms with E-state index in [0.29, 0.717) is 25.7 Å². The standard InChI is InChI=1S/C27H32N2O3.2ClH/c1-17(2)13-25-23(14-28)26(21-9-5-18(3)6-10-21)24(19(4)29-25)16-32-15-20-7-11-22(12-8-20)27(30)31;;/h5-12,17H,13-16,28H2,1-4H3,(H,30,31);2*1H. The summed E-state index contributed by atoms with van der Waals surface area (Å²) in [7, 11) is 0. The Morgan fingerprint density at radius 2 is 1.59 bits per heavy atom. The van der Waals surface area contributed by atoms with E-state index in [0.717, 1.165) is 45.6 Å². The molecule has 34 heavy (non-hydrogen) atoms. The van der Waals surface area contributed by atoms with Crippen LogP contribution in [0.5, 0.6) is 0 Å². The molecule has 0 aliphatic rings. The van der Waals surface area contributed by atoms with Gasteiger partial charge in [0, 0.05) is 23.5 Å². The minimum Gasteiger partial charge on any atom is -0.478 e. The lowest BCUT2D eigenvalue weighted by Crippen LogP contribution is -2.13. The van der Waals surface area contributed by atoms with Crippen LogP contribution in [0.1, 0.15) is 57.8 Å². The summed E-state index contributed by atoms with van der Waals surface area (Å²) in [5, 5.41) is 9.06. The Morgan fingerprint density at radius 3 is 2.12 bits per heavy atom. The van der Waals surface area contributed by atoms with Crippen molar-refractivity contribution in [3.63, 3.8) is 0 Å². The van der Waals surface area contributed by atoms with Crippen molar-refractivity contribution in [3.8, 4) is 11.1 Å². The van der Waals surface area contributed by atoms with Gasteiger partial charge in [0.15, 0.2) is 0 Å². The van der Waals surface area contributed by atoms with Gasteiger partial charge < -0.3 is 15.6 Å². The van der Waals surface area contributed by atoms with Crippen LogP contribution in [-0.2, 0) is 30.9 Å². The van der Waals surface area contributed by atoms with Crippen LogP contribution in [0.4, 0.5) is 0 Å². The Bertz CT molecular complexity index is 1080. The number of aromatic carboxylic acids is 1. The average Bonchev–Trinajstić information content (AvgIpc) is 2.75. The molecule has 1 aromatic heterocycles. The van der Waals surface area contributed by atoms with E-state index in [9.17, 15) is 4.79 Å². The molecule has 0 fully saturated rings. The predicted octanol–water partition coefficient (Wildman–Crippen LogP) is 6.28. The van der Waals surface area contributed by atoms with Crippen molar-refractivity contribution in [1.82, 2.24) is 4.98 Å². The van der Waals surface area contributed by atoms with Crippen molar-refractivity contribution in [2.24, 2.45) is 11.7 Å². The average molecular weight is 505 g/mol. The summed E-state index contributed by atoms with van der Waals surface area (Å²) in [5.41, 5.74) is 15.0. The highest BCUT2D eigenvalue weighted by Crippen LogP contribution is 2.33. The smallest absolute Gasteiger partial charge is 0.335 e.